The maximum atomic E-state index is 9.27. The van der Waals surface area contributed by atoms with Crippen LogP contribution in [-0.2, 0) is 9.47 Å². The van der Waals surface area contributed by atoms with Crippen LogP contribution in [-0.4, -0.2) is 53.6 Å². The predicted molar refractivity (Wildman–Crippen MR) is 39.4 cm³/mol. The van der Waals surface area contributed by atoms with Gasteiger partial charge < -0.3 is 24.8 Å². The molecule has 0 radical (unpaired) electrons. The van der Waals surface area contributed by atoms with Gasteiger partial charge in [0, 0.05) is 13.5 Å². The second-order valence-electron chi connectivity index (χ2n) is 2.84. The van der Waals surface area contributed by atoms with E-state index in [4.69, 9.17) is 14.6 Å². The van der Waals surface area contributed by atoms with Crippen LogP contribution < -0.4 is 0 Å². The van der Waals surface area contributed by atoms with Crippen LogP contribution in [0, 0.1) is 0 Å². The Morgan fingerprint density at radius 3 is 2.67 bits per heavy atom. The van der Waals surface area contributed by atoms with Crippen LogP contribution >= 0.6 is 0 Å². The quantitative estimate of drug-likeness (QED) is 0.477. The molecular formula is C7H14O5. The molecule has 1 rings (SSSR count). The lowest BCUT2D eigenvalue weighted by molar-refractivity contribution is -0.262. The van der Waals surface area contributed by atoms with Gasteiger partial charge in [0.15, 0.2) is 6.29 Å². The summed E-state index contributed by atoms with van der Waals surface area (Å²) in [6.07, 6.45) is -2.98. The van der Waals surface area contributed by atoms with E-state index in [-0.39, 0.29) is 13.0 Å². The zero-order valence-electron chi connectivity index (χ0n) is 6.88. The third-order valence-corrected chi connectivity index (χ3v) is 1.94. The highest BCUT2D eigenvalue weighted by molar-refractivity contribution is 4.80. The average Bonchev–Trinajstić information content (AvgIpc) is 2.09. The molecule has 0 unspecified atom stereocenters. The van der Waals surface area contributed by atoms with Gasteiger partial charge in [-0.15, -0.1) is 0 Å². The lowest BCUT2D eigenvalue weighted by Crippen LogP contribution is -2.49. The summed E-state index contributed by atoms with van der Waals surface area (Å²) < 4.78 is 9.85. The van der Waals surface area contributed by atoms with E-state index in [1.807, 2.05) is 0 Å². The Kier molecular flexibility index (Phi) is 3.42. The number of hydrogen-bond acceptors (Lipinski definition) is 5. The number of rotatable bonds is 2. The zero-order valence-corrected chi connectivity index (χ0v) is 6.88. The first-order chi connectivity index (χ1) is 5.69. The van der Waals surface area contributed by atoms with E-state index in [0.717, 1.165) is 0 Å². The highest BCUT2D eigenvalue weighted by atomic mass is 16.7. The van der Waals surface area contributed by atoms with Crippen molar-refractivity contribution < 1.29 is 24.8 Å². The van der Waals surface area contributed by atoms with E-state index in [1.165, 1.54) is 7.11 Å². The summed E-state index contributed by atoms with van der Waals surface area (Å²) in [6.45, 7) is -0.177. The molecule has 5 nitrogen and oxygen atoms in total. The van der Waals surface area contributed by atoms with Gasteiger partial charge >= 0.3 is 0 Å². The highest BCUT2D eigenvalue weighted by Crippen LogP contribution is 2.20. The van der Waals surface area contributed by atoms with Gasteiger partial charge in [0.1, 0.15) is 6.10 Å². The van der Waals surface area contributed by atoms with E-state index in [9.17, 15) is 10.2 Å². The first-order valence-corrected chi connectivity index (χ1v) is 3.84. The summed E-state index contributed by atoms with van der Waals surface area (Å²) in [5.41, 5.74) is 0. The average molecular weight is 178 g/mol. The van der Waals surface area contributed by atoms with Gasteiger partial charge in [0.2, 0.25) is 0 Å². The van der Waals surface area contributed by atoms with Crippen LogP contribution in [0.3, 0.4) is 0 Å². The molecule has 1 aliphatic heterocycles. The van der Waals surface area contributed by atoms with Gasteiger partial charge in [-0.2, -0.15) is 0 Å². The molecular weight excluding hydrogens is 164 g/mol. The third-order valence-electron chi connectivity index (χ3n) is 1.94. The Balaban J connectivity index is 2.52. The van der Waals surface area contributed by atoms with E-state index >= 15 is 0 Å². The monoisotopic (exact) mass is 178 g/mol. The van der Waals surface area contributed by atoms with Crippen molar-refractivity contribution in [3.63, 3.8) is 0 Å². The first kappa shape index (κ1) is 9.88. The Morgan fingerprint density at radius 2 is 2.17 bits per heavy atom. The van der Waals surface area contributed by atoms with E-state index in [1.54, 1.807) is 0 Å². The van der Waals surface area contributed by atoms with Crippen molar-refractivity contribution in [2.75, 3.05) is 13.7 Å². The molecule has 4 atom stereocenters. The molecule has 0 aromatic carbocycles. The molecule has 1 heterocycles. The van der Waals surface area contributed by atoms with Gasteiger partial charge in [-0.1, -0.05) is 0 Å². The Bertz CT molecular complexity index is 140. The molecule has 0 aliphatic carbocycles. The van der Waals surface area contributed by atoms with Gasteiger partial charge in [0.05, 0.1) is 18.8 Å². The number of aliphatic hydroxyl groups excluding tert-OH is 3. The fourth-order valence-electron chi connectivity index (χ4n) is 1.23. The van der Waals surface area contributed by atoms with Gasteiger partial charge in [-0.05, 0) is 0 Å². The minimum absolute atomic E-state index is 0.177. The fraction of sp³-hybridized carbons (Fsp3) is 1.00. The molecule has 72 valence electrons. The zero-order chi connectivity index (χ0) is 9.14. The Labute approximate surface area is 70.5 Å². The van der Waals surface area contributed by atoms with Crippen LogP contribution in [0.1, 0.15) is 6.42 Å². The van der Waals surface area contributed by atoms with E-state index in [2.05, 4.69) is 0 Å². The number of ether oxygens (including phenoxy) is 2. The summed E-state index contributed by atoms with van der Waals surface area (Å²) in [7, 11) is 1.38. The van der Waals surface area contributed by atoms with Crippen molar-refractivity contribution in [1.29, 1.82) is 0 Å². The second kappa shape index (κ2) is 4.15. The van der Waals surface area contributed by atoms with Crippen molar-refractivity contribution in [3.8, 4) is 0 Å². The number of hydrogen-bond donors (Lipinski definition) is 3. The Morgan fingerprint density at radius 1 is 1.50 bits per heavy atom. The second-order valence-corrected chi connectivity index (χ2v) is 2.84. The van der Waals surface area contributed by atoms with Crippen molar-refractivity contribution in [3.05, 3.63) is 0 Å². The van der Waals surface area contributed by atoms with Crippen molar-refractivity contribution >= 4 is 0 Å². The molecule has 5 heteroatoms. The predicted octanol–water partition coefficient (Wildman–Crippen LogP) is -1.54. The van der Waals surface area contributed by atoms with Crippen LogP contribution in [0.5, 0.6) is 0 Å². The minimum atomic E-state index is -1.03. The molecule has 0 aromatic heterocycles. The lowest BCUT2D eigenvalue weighted by atomic mass is 10.0. The normalized spacial score (nSPS) is 43.0. The number of aliphatic hydroxyl groups is 3. The summed E-state index contributed by atoms with van der Waals surface area (Å²) >= 11 is 0. The molecule has 0 aromatic rings. The van der Waals surface area contributed by atoms with Crippen molar-refractivity contribution in [2.45, 2.75) is 31.0 Å². The van der Waals surface area contributed by atoms with E-state index < -0.39 is 24.6 Å². The molecule has 0 bridgehead atoms. The summed E-state index contributed by atoms with van der Waals surface area (Å²) in [5.74, 6) is 0. The standard InChI is InChI=1S/C7H14O5/c1-11-7-6(10)5(9)2-4(3-8)12-7/h4-10H,2-3H2,1H3/t4-,5-,6+,7-/m1/s1. The smallest absolute Gasteiger partial charge is 0.186 e. The van der Waals surface area contributed by atoms with Gasteiger partial charge in [0.25, 0.3) is 0 Å². The molecule has 0 amide bonds. The SMILES string of the molecule is CO[C@@H]1O[C@@H](CO)C[C@@H](O)[C@@H]1O. The maximum absolute atomic E-state index is 9.27. The van der Waals surface area contributed by atoms with Crippen molar-refractivity contribution in [2.24, 2.45) is 0 Å². The van der Waals surface area contributed by atoms with Gasteiger partial charge in [-0.25, -0.2) is 0 Å². The Hall–Kier alpha value is -0.200. The molecule has 1 fully saturated rings. The molecule has 0 saturated carbocycles. The molecule has 1 aliphatic rings. The maximum Gasteiger partial charge on any atom is 0.186 e. The molecule has 3 N–H and O–H groups in total. The van der Waals surface area contributed by atoms with Crippen molar-refractivity contribution in [1.82, 2.24) is 0 Å². The number of methoxy groups -OCH3 is 1. The summed E-state index contributed by atoms with van der Waals surface area (Å²) in [4.78, 5) is 0. The minimum Gasteiger partial charge on any atom is -0.394 e. The molecule has 0 spiro atoms. The van der Waals surface area contributed by atoms with E-state index in [0.29, 0.717) is 0 Å². The lowest BCUT2D eigenvalue weighted by Gasteiger charge is -2.35. The van der Waals surface area contributed by atoms with Gasteiger partial charge in [-0.3, -0.25) is 0 Å². The summed E-state index contributed by atoms with van der Waals surface area (Å²) in [6, 6.07) is 0. The topological polar surface area (TPSA) is 79.2 Å². The summed E-state index contributed by atoms with van der Waals surface area (Å²) in [5, 5.41) is 27.3. The molecule has 12 heavy (non-hydrogen) atoms. The van der Waals surface area contributed by atoms with Crippen LogP contribution in [0.15, 0.2) is 0 Å². The van der Waals surface area contributed by atoms with Crippen LogP contribution in [0.25, 0.3) is 0 Å². The third kappa shape index (κ3) is 1.94. The highest BCUT2D eigenvalue weighted by Gasteiger charge is 2.36. The largest absolute Gasteiger partial charge is 0.394 e. The van der Waals surface area contributed by atoms with Crippen LogP contribution in [0.2, 0.25) is 0 Å². The van der Waals surface area contributed by atoms with Crippen LogP contribution in [0.4, 0.5) is 0 Å². The first-order valence-electron chi connectivity index (χ1n) is 3.84. The fourth-order valence-corrected chi connectivity index (χ4v) is 1.23. The molecule has 1 saturated heterocycles.